The van der Waals surface area contributed by atoms with E-state index in [1.165, 1.54) is 6.07 Å². The van der Waals surface area contributed by atoms with E-state index in [0.717, 1.165) is 18.9 Å². The van der Waals surface area contributed by atoms with Crippen molar-refractivity contribution in [3.63, 3.8) is 0 Å². The lowest BCUT2D eigenvalue weighted by molar-refractivity contribution is -0.116. The monoisotopic (exact) mass is 423 g/mol. The summed E-state index contributed by atoms with van der Waals surface area (Å²) in [5, 5.41) is 5.43. The van der Waals surface area contributed by atoms with Gasteiger partial charge in [-0.25, -0.2) is 21.9 Å². The topological polar surface area (TPSA) is 104 Å². The van der Waals surface area contributed by atoms with E-state index in [1.54, 1.807) is 18.2 Å². The molecule has 3 N–H and O–H groups in total. The smallest absolute Gasteiger partial charge is 0.251 e. The summed E-state index contributed by atoms with van der Waals surface area (Å²) in [4.78, 5) is 23.7. The lowest BCUT2D eigenvalue weighted by Gasteiger charge is -2.09. The number of amides is 2. The second-order valence-corrected chi connectivity index (χ2v) is 8.37. The maximum Gasteiger partial charge on any atom is 0.251 e. The average molecular weight is 423 g/mol. The van der Waals surface area contributed by atoms with Crippen LogP contribution in [0.25, 0.3) is 0 Å². The molecule has 1 aliphatic rings. The van der Waals surface area contributed by atoms with Crippen LogP contribution in [0.2, 0.25) is 0 Å². The summed E-state index contributed by atoms with van der Waals surface area (Å²) in [6.45, 7) is -0.241. The first kappa shape index (κ1) is 20.9. The van der Waals surface area contributed by atoms with Crippen LogP contribution in [0.15, 0.2) is 47.4 Å². The molecule has 154 valence electrons. The Labute approximate surface area is 166 Å². The minimum Gasteiger partial charge on any atom is -0.349 e. The van der Waals surface area contributed by atoms with Crippen LogP contribution in [0.3, 0.4) is 0 Å². The molecule has 0 aliphatic heterocycles. The highest BCUT2D eigenvalue weighted by Gasteiger charge is 2.24. The molecule has 0 bridgehead atoms. The quantitative estimate of drug-likeness (QED) is 0.605. The van der Waals surface area contributed by atoms with Crippen molar-refractivity contribution in [1.29, 1.82) is 0 Å². The second kappa shape index (κ2) is 8.66. The van der Waals surface area contributed by atoms with Crippen LogP contribution < -0.4 is 15.4 Å². The number of halogens is 2. The van der Waals surface area contributed by atoms with Crippen LogP contribution in [-0.4, -0.2) is 32.8 Å². The molecule has 2 aromatic carbocycles. The SMILES string of the molecule is O=C(CCNS(=O)(=O)c1ccc(F)c(F)c1)Nc1cccc(C(=O)NC2CC2)c1. The first-order chi connectivity index (χ1) is 13.7. The minimum atomic E-state index is -4.08. The van der Waals surface area contributed by atoms with E-state index < -0.39 is 32.5 Å². The molecular formula is C19H19F2N3O4S. The first-order valence-corrected chi connectivity index (χ1v) is 10.4. The summed E-state index contributed by atoms with van der Waals surface area (Å²) in [7, 11) is -4.08. The fourth-order valence-electron chi connectivity index (χ4n) is 2.48. The second-order valence-electron chi connectivity index (χ2n) is 6.60. The van der Waals surface area contributed by atoms with Crippen LogP contribution >= 0.6 is 0 Å². The zero-order chi connectivity index (χ0) is 21.0. The Bertz CT molecular complexity index is 1040. The van der Waals surface area contributed by atoms with Gasteiger partial charge in [-0.2, -0.15) is 0 Å². The number of rotatable bonds is 8. The van der Waals surface area contributed by atoms with Crippen molar-refractivity contribution >= 4 is 27.5 Å². The molecule has 7 nitrogen and oxygen atoms in total. The average Bonchev–Trinajstić information content (AvgIpc) is 3.48. The lowest BCUT2D eigenvalue weighted by Crippen LogP contribution is -2.28. The normalized spacial score (nSPS) is 13.7. The molecule has 0 radical (unpaired) electrons. The van der Waals surface area contributed by atoms with E-state index in [2.05, 4.69) is 15.4 Å². The molecule has 0 spiro atoms. The van der Waals surface area contributed by atoms with E-state index in [4.69, 9.17) is 0 Å². The summed E-state index contributed by atoms with van der Waals surface area (Å²) < 4.78 is 52.4. The van der Waals surface area contributed by atoms with Crippen LogP contribution in [0.4, 0.5) is 14.5 Å². The van der Waals surface area contributed by atoms with E-state index in [9.17, 15) is 26.8 Å². The minimum absolute atomic E-state index is 0.193. The molecule has 0 heterocycles. The first-order valence-electron chi connectivity index (χ1n) is 8.90. The molecule has 1 fully saturated rings. The zero-order valence-corrected chi connectivity index (χ0v) is 16.1. The third kappa shape index (κ3) is 5.81. The molecule has 2 aromatic rings. The third-order valence-electron chi connectivity index (χ3n) is 4.17. The van der Waals surface area contributed by atoms with E-state index in [0.29, 0.717) is 23.4 Å². The zero-order valence-electron chi connectivity index (χ0n) is 15.2. The summed E-state index contributed by atoms with van der Waals surface area (Å²) in [6.07, 6.45) is 1.73. The molecule has 0 atom stereocenters. The van der Waals surface area contributed by atoms with Crippen molar-refractivity contribution < 1.29 is 26.8 Å². The Morgan fingerprint density at radius 1 is 1.03 bits per heavy atom. The van der Waals surface area contributed by atoms with Crippen LogP contribution in [0, 0.1) is 11.6 Å². The number of sulfonamides is 1. The number of carbonyl (C=O) groups is 2. The van der Waals surface area contributed by atoms with Gasteiger partial charge in [0, 0.05) is 30.3 Å². The standard InChI is InChI=1S/C19H19F2N3O4S/c20-16-7-6-15(11-17(16)21)29(27,28)22-9-8-18(25)23-14-3-1-2-12(10-14)19(26)24-13-4-5-13/h1-3,6-7,10-11,13,22H,4-5,8-9H2,(H,23,25)(H,24,26). The summed E-state index contributed by atoms with van der Waals surface area (Å²) in [5.74, 6) is -3.13. The van der Waals surface area contributed by atoms with Gasteiger partial charge in [-0.3, -0.25) is 9.59 Å². The fourth-order valence-corrected chi connectivity index (χ4v) is 3.53. The largest absolute Gasteiger partial charge is 0.349 e. The van der Waals surface area contributed by atoms with Crippen molar-refractivity contribution in [3.8, 4) is 0 Å². The molecule has 0 saturated heterocycles. The maximum absolute atomic E-state index is 13.2. The highest BCUT2D eigenvalue weighted by molar-refractivity contribution is 7.89. The molecule has 2 amide bonds. The van der Waals surface area contributed by atoms with Crippen LogP contribution in [-0.2, 0) is 14.8 Å². The summed E-state index contributed by atoms with van der Waals surface area (Å²) >= 11 is 0. The van der Waals surface area contributed by atoms with Gasteiger partial charge in [0.25, 0.3) is 5.91 Å². The fraction of sp³-hybridized carbons (Fsp3) is 0.263. The van der Waals surface area contributed by atoms with Gasteiger partial charge in [-0.05, 0) is 49.2 Å². The van der Waals surface area contributed by atoms with Crippen molar-refractivity contribution in [2.75, 3.05) is 11.9 Å². The maximum atomic E-state index is 13.2. The number of carbonyl (C=O) groups excluding carboxylic acids is 2. The Morgan fingerprint density at radius 3 is 2.48 bits per heavy atom. The number of benzene rings is 2. The molecule has 1 saturated carbocycles. The van der Waals surface area contributed by atoms with Crippen molar-refractivity contribution in [2.24, 2.45) is 0 Å². The predicted octanol–water partition coefficient (Wildman–Crippen LogP) is 2.16. The van der Waals surface area contributed by atoms with Gasteiger partial charge in [0.1, 0.15) is 0 Å². The molecule has 3 rings (SSSR count). The highest BCUT2D eigenvalue weighted by atomic mass is 32.2. The number of anilines is 1. The van der Waals surface area contributed by atoms with Crippen molar-refractivity contribution in [2.45, 2.75) is 30.2 Å². The third-order valence-corrected chi connectivity index (χ3v) is 5.63. The van der Waals surface area contributed by atoms with E-state index >= 15 is 0 Å². The summed E-state index contributed by atoms with van der Waals surface area (Å²) in [5.41, 5.74) is 0.815. The van der Waals surface area contributed by atoms with Gasteiger partial charge in [0.2, 0.25) is 15.9 Å². The molecule has 1 aliphatic carbocycles. The van der Waals surface area contributed by atoms with Gasteiger partial charge in [0.15, 0.2) is 11.6 Å². The lowest BCUT2D eigenvalue weighted by atomic mass is 10.2. The van der Waals surface area contributed by atoms with Gasteiger partial charge in [-0.15, -0.1) is 0 Å². The molecule has 29 heavy (non-hydrogen) atoms. The van der Waals surface area contributed by atoms with E-state index in [1.807, 2.05) is 0 Å². The van der Waals surface area contributed by atoms with Crippen LogP contribution in [0.1, 0.15) is 29.6 Å². The van der Waals surface area contributed by atoms with E-state index in [-0.39, 0.29) is 24.9 Å². The van der Waals surface area contributed by atoms with Crippen molar-refractivity contribution in [1.82, 2.24) is 10.0 Å². The van der Waals surface area contributed by atoms with Gasteiger partial charge in [-0.1, -0.05) is 6.07 Å². The number of nitrogens with one attached hydrogen (secondary N) is 3. The van der Waals surface area contributed by atoms with Gasteiger partial charge >= 0.3 is 0 Å². The molecule has 10 heteroatoms. The number of hydrogen-bond donors (Lipinski definition) is 3. The Balaban J connectivity index is 1.52. The van der Waals surface area contributed by atoms with Gasteiger partial charge in [0.05, 0.1) is 4.90 Å². The molecule has 0 aromatic heterocycles. The predicted molar refractivity (Wildman–Crippen MR) is 102 cm³/mol. The van der Waals surface area contributed by atoms with Gasteiger partial charge < -0.3 is 10.6 Å². The molecule has 0 unspecified atom stereocenters. The van der Waals surface area contributed by atoms with Crippen molar-refractivity contribution in [3.05, 3.63) is 59.7 Å². The molecular weight excluding hydrogens is 404 g/mol. The number of hydrogen-bond acceptors (Lipinski definition) is 4. The Kier molecular flexibility index (Phi) is 6.23. The highest BCUT2D eigenvalue weighted by Crippen LogP contribution is 2.20. The van der Waals surface area contributed by atoms with Crippen LogP contribution in [0.5, 0.6) is 0 Å². The Hall–Kier alpha value is -2.85. The summed E-state index contributed by atoms with van der Waals surface area (Å²) in [6, 6.07) is 8.81. The Morgan fingerprint density at radius 2 is 1.79 bits per heavy atom.